The molecule has 0 aliphatic heterocycles. The molecular weight excluding hydrogens is 280 g/mol. The van der Waals surface area contributed by atoms with Gasteiger partial charge in [0.15, 0.2) is 0 Å². The number of amides is 1. The molecule has 1 amide bonds. The molecule has 4 nitrogen and oxygen atoms in total. The third kappa shape index (κ3) is 5.49. The van der Waals surface area contributed by atoms with Crippen molar-refractivity contribution in [1.29, 1.82) is 0 Å². The van der Waals surface area contributed by atoms with Crippen LogP contribution in [-0.4, -0.2) is 24.5 Å². The van der Waals surface area contributed by atoms with Crippen LogP contribution in [0, 0.1) is 11.6 Å². The number of anilines is 1. The van der Waals surface area contributed by atoms with Crippen molar-refractivity contribution in [2.75, 3.05) is 11.4 Å². The predicted molar refractivity (Wildman–Crippen MR) is 75.2 cm³/mol. The zero-order valence-electron chi connectivity index (χ0n) is 12.4. The summed E-state index contributed by atoms with van der Waals surface area (Å²) in [6.07, 6.45) is 0.474. The normalized spacial score (nSPS) is 11.1. The minimum atomic E-state index is -0.780. The summed E-state index contributed by atoms with van der Waals surface area (Å²) in [5.41, 5.74) is -0.959. The van der Waals surface area contributed by atoms with Crippen LogP contribution in [0.25, 0.3) is 0 Å². The van der Waals surface area contributed by atoms with E-state index in [1.807, 2.05) is 0 Å². The zero-order chi connectivity index (χ0) is 16.0. The predicted octanol–water partition coefficient (Wildman–Crippen LogP) is 3.69. The van der Waals surface area contributed by atoms with Crippen LogP contribution in [0.5, 0.6) is 0 Å². The van der Waals surface area contributed by atoms with Crippen LogP contribution in [0.1, 0.15) is 33.6 Å². The maximum Gasteiger partial charge on any atom is 0.414 e. The van der Waals surface area contributed by atoms with E-state index in [4.69, 9.17) is 4.74 Å². The second-order valence-electron chi connectivity index (χ2n) is 5.54. The van der Waals surface area contributed by atoms with Crippen LogP contribution in [0.3, 0.4) is 0 Å². The van der Waals surface area contributed by atoms with Gasteiger partial charge in [0.25, 0.3) is 0 Å². The Bertz CT molecular complexity index is 512. The van der Waals surface area contributed by atoms with E-state index in [1.54, 1.807) is 20.8 Å². The summed E-state index contributed by atoms with van der Waals surface area (Å²) in [5.74, 6) is -1.39. The van der Waals surface area contributed by atoms with Crippen molar-refractivity contribution < 1.29 is 23.1 Å². The number of ether oxygens (including phenoxy) is 1. The lowest BCUT2D eigenvalue weighted by atomic mass is 10.2. The second kappa shape index (κ2) is 7.15. The van der Waals surface area contributed by atoms with E-state index in [-0.39, 0.29) is 18.7 Å². The molecule has 0 N–H and O–H groups in total. The standard InChI is InChI=1S/C15H19F2NO3/c1-15(2,3)21-14(20)18(8-4-5-9-19)13-10-11(16)6-7-12(13)17/h6-7,9-10H,4-5,8H2,1-3H3. The molecule has 21 heavy (non-hydrogen) atoms. The van der Waals surface area contributed by atoms with Crippen molar-refractivity contribution >= 4 is 18.1 Å². The first-order chi connectivity index (χ1) is 9.74. The first-order valence-electron chi connectivity index (χ1n) is 6.64. The Morgan fingerprint density at radius 2 is 2.00 bits per heavy atom. The maximum absolute atomic E-state index is 13.8. The van der Waals surface area contributed by atoms with Gasteiger partial charge < -0.3 is 9.53 Å². The van der Waals surface area contributed by atoms with Gasteiger partial charge in [-0.25, -0.2) is 13.6 Å². The summed E-state index contributed by atoms with van der Waals surface area (Å²) in [7, 11) is 0. The van der Waals surface area contributed by atoms with Crippen molar-refractivity contribution in [3.63, 3.8) is 0 Å². The fourth-order valence-corrected chi connectivity index (χ4v) is 1.65. The average Bonchev–Trinajstić information content (AvgIpc) is 2.36. The molecule has 0 aliphatic rings. The molecule has 0 radical (unpaired) electrons. The molecule has 0 unspecified atom stereocenters. The third-order valence-corrected chi connectivity index (χ3v) is 2.52. The summed E-state index contributed by atoms with van der Waals surface area (Å²) in [4.78, 5) is 23.5. The van der Waals surface area contributed by atoms with Gasteiger partial charge in [-0.3, -0.25) is 4.90 Å². The highest BCUT2D eigenvalue weighted by Gasteiger charge is 2.25. The van der Waals surface area contributed by atoms with Gasteiger partial charge in [-0.15, -0.1) is 0 Å². The molecule has 0 spiro atoms. The van der Waals surface area contributed by atoms with E-state index in [9.17, 15) is 18.4 Å². The highest BCUT2D eigenvalue weighted by molar-refractivity contribution is 5.88. The molecule has 0 aromatic heterocycles. The van der Waals surface area contributed by atoms with Gasteiger partial charge >= 0.3 is 6.09 Å². The minimum absolute atomic E-state index is 0.0635. The van der Waals surface area contributed by atoms with Crippen LogP contribution >= 0.6 is 0 Å². The van der Waals surface area contributed by atoms with Crippen molar-refractivity contribution in [2.24, 2.45) is 0 Å². The van der Waals surface area contributed by atoms with E-state index in [1.165, 1.54) is 0 Å². The Balaban J connectivity index is 3.03. The Hall–Kier alpha value is -1.98. The summed E-state index contributed by atoms with van der Waals surface area (Å²) < 4.78 is 32.3. The fourth-order valence-electron chi connectivity index (χ4n) is 1.65. The monoisotopic (exact) mass is 299 g/mol. The van der Waals surface area contributed by atoms with E-state index in [0.29, 0.717) is 12.7 Å². The van der Waals surface area contributed by atoms with Crippen LogP contribution in [0.2, 0.25) is 0 Å². The molecular formula is C15H19F2NO3. The van der Waals surface area contributed by atoms with Gasteiger partial charge in [-0.2, -0.15) is 0 Å². The molecule has 1 aromatic carbocycles. The molecule has 0 atom stereocenters. The molecule has 0 heterocycles. The smallest absolute Gasteiger partial charge is 0.414 e. The molecule has 116 valence electrons. The number of carbonyl (C=O) groups is 2. The molecule has 0 saturated carbocycles. The summed E-state index contributed by atoms with van der Waals surface area (Å²) in [6, 6.07) is 2.85. The highest BCUT2D eigenvalue weighted by atomic mass is 19.1. The number of halogens is 2. The zero-order valence-corrected chi connectivity index (χ0v) is 12.4. The van der Waals surface area contributed by atoms with Crippen molar-refractivity contribution in [3.05, 3.63) is 29.8 Å². The molecule has 0 bridgehead atoms. The highest BCUT2D eigenvalue weighted by Crippen LogP contribution is 2.23. The fraction of sp³-hybridized carbons (Fsp3) is 0.467. The summed E-state index contributed by atoms with van der Waals surface area (Å²) in [5, 5.41) is 0. The topological polar surface area (TPSA) is 46.6 Å². The summed E-state index contributed by atoms with van der Waals surface area (Å²) in [6.45, 7) is 5.09. The first kappa shape index (κ1) is 17.1. The Morgan fingerprint density at radius 1 is 1.33 bits per heavy atom. The van der Waals surface area contributed by atoms with Gasteiger partial charge in [0.05, 0.1) is 5.69 Å². The maximum atomic E-state index is 13.8. The quantitative estimate of drug-likeness (QED) is 0.615. The number of benzene rings is 1. The number of aldehydes is 1. The SMILES string of the molecule is CC(C)(C)OC(=O)N(CCCC=O)c1cc(F)ccc1F. The van der Waals surface area contributed by atoms with Gasteiger partial charge in [0.1, 0.15) is 23.5 Å². The summed E-state index contributed by atoms with van der Waals surface area (Å²) >= 11 is 0. The minimum Gasteiger partial charge on any atom is -0.443 e. The lowest BCUT2D eigenvalue weighted by molar-refractivity contribution is -0.107. The van der Waals surface area contributed by atoms with Crippen molar-refractivity contribution in [2.45, 2.75) is 39.2 Å². The number of carbonyl (C=O) groups excluding carboxylic acids is 2. The lowest BCUT2D eigenvalue weighted by Gasteiger charge is -2.27. The number of hydrogen-bond acceptors (Lipinski definition) is 3. The van der Waals surface area contributed by atoms with Gasteiger partial charge in [0, 0.05) is 19.0 Å². The molecule has 1 rings (SSSR count). The molecule has 0 fully saturated rings. The van der Waals surface area contributed by atoms with E-state index >= 15 is 0 Å². The van der Waals surface area contributed by atoms with Gasteiger partial charge in [-0.1, -0.05) is 0 Å². The van der Waals surface area contributed by atoms with Crippen LogP contribution in [0.4, 0.5) is 19.3 Å². The van der Waals surface area contributed by atoms with Gasteiger partial charge in [0.2, 0.25) is 0 Å². The lowest BCUT2D eigenvalue weighted by Crippen LogP contribution is -2.38. The van der Waals surface area contributed by atoms with Crippen LogP contribution in [0.15, 0.2) is 18.2 Å². The first-order valence-corrected chi connectivity index (χ1v) is 6.64. The number of unbranched alkanes of at least 4 members (excludes halogenated alkanes) is 1. The van der Waals surface area contributed by atoms with Crippen molar-refractivity contribution in [1.82, 2.24) is 0 Å². The van der Waals surface area contributed by atoms with Crippen molar-refractivity contribution in [3.8, 4) is 0 Å². The van der Waals surface area contributed by atoms with Crippen LogP contribution in [-0.2, 0) is 9.53 Å². The third-order valence-electron chi connectivity index (χ3n) is 2.52. The number of nitrogens with zero attached hydrogens (tertiary/aromatic N) is 1. The van der Waals surface area contributed by atoms with E-state index in [2.05, 4.69) is 0 Å². The average molecular weight is 299 g/mol. The Labute approximate surface area is 122 Å². The Kier molecular flexibility index (Phi) is 5.81. The van der Waals surface area contributed by atoms with E-state index in [0.717, 1.165) is 23.1 Å². The largest absolute Gasteiger partial charge is 0.443 e. The molecule has 6 heteroatoms. The second-order valence-corrected chi connectivity index (χ2v) is 5.54. The molecule has 0 saturated heterocycles. The van der Waals surface area contributed by atoms with Gasteiger partial charge in [-0.05, 0) is 39.3 Å². The molecule has 1 aromatic rings. The molecule has 0 aliphatic carbocycles. The van der Waals surface area contributed by atoms with E-state index < -0.39 is 23.3 Å². The Morgan fingerprint density at radius 3 is 2.57 bits per heavy atom. The number of hydrogen-bond donors (Lipinski definition) is 0. The van der Waals surface area contributed by atoms with Crippen LogP contribution < -0.4 is 4.90 Å². The number of rotatable bonds is 5.